The highest BCUT2D eigenvalue weighted by Gasteiger charge is 2.07. The third-order valence-electron chi connectivity index (χ3n) is 2.31. The molecule has 0 radical (unpaired) electrons. The minimum atomic E-state index is 0.543. The molecule has 0 spiro atoms. The van der Waals surface area contributed by atoms with Crippen molar-refractivity contribution in [2.75, 3.05) is 0 Å². The zero-order valence-corrected chi connectivity index (χ0v) is 9.79. The highest BCUT2D eigenvalue weighted by Crippen LogP contribution is 2.31. The molecule has 2 aromatic rings. The summed E-state index contributed by atoms with van der Waals surface area (Å²) in [4.78, 5) is 10.9. The van der Waals surface area contributed by atoms with Crippen molar-refractivity contribution in [3.8, 4) is 11.1 Å². The first kappa shape index (κ1) is 11.2. The molecule has 1 nitrogen and oxygen atoms in total. The zero-order valence-electron chi connectivity index (χ0n) is 8.28. The minimum absolute atomic E-state index is 0.543. The maximum Gasteiger partial charge on any atom is 0.150 e. The Morgan fingerprint density at radius 1 is 0.938 bits per heavy atom. The molecule has 16 heavy (non-hydrogen) atoms. The zero-order chi connectivity index (χ0) is 11.5. The molecule has 0 saturated carbocycles. The van der Waals surface area contributed by atoms with Crippen molar-refractivity contribution in [1.29, 1.82) is 0 Å². The lowest BCUT2D eigenvalue weighted by molar-refractivity contribution is 0.112. The van der Waals surface area contributed by atoms with Crippen LogP contribution in [0.2, 0.25) is 10.0 Å². The van der Waals surface area contributed by atoms with Crippen LogP contribution in [0.1, 0.15) is 10.4 Å². The molecule has 2 aromatic carbocycles. The van der Waals surface area contributed by atoms with E-state index in [4.69, 9.17) is 23.2 Å². The largest absolute Gasteiger partial charge is 0.298 e. The average molecular weight is 251 g/mol. The summed E-state index contributed by atoms with van der Waals surface area (Å²) in [6.07, 6.45) is 0.820. The number of benzene rings is 2. The van der Waals surface area contributed by atoms with Crippen LogP contribution in [0.15, 0.2) is 42.5 Å². The van der Waals surface area contributed by atoms with Gasteiger partial charge >= 0.3 is 0 Å². The van der Waals surface area contributed by atoms with Gasteiger partial charge in [0.05, 0.1) is 0 Å². The van der Waals surface area contributed by atoms with Crippen molar-refractivity contribution in [1.82, 2.24) is 0 Å². The van der Waals surface area contributed by atoms with Crippen molar-refractivity contribution in [3.05, 3.63) is 58.1 Å². The van der Waals surface area contributed by atoms with Crippen molar-refractivity contribution in [3.63, 3.8) is 0 Å². The van der Waals surface area contributed by atoms with E-state index in [1.807, 2.05) is 24.3 Å². The first-order valence-corrected chi connectivity index (χ1v) is 5.47. The van der Waals surface area contributed by atoms with Gasteiger partial charge in [0.2, 0.25) is 0 Å². The van der Waals surface area contributed by atoms with Crippen LogP contribution in [-0.4, -0.2) is 6.29 Å². The fraction of sp³-hybridized carbons (Fsp3) is 0. The first-order chi connectivity index (χ1) is 7.72. The standard InChI is InChI=1S/C13H8Cl2O/c14-10-5-6-12(13(15)7-10)11-4-2-1-3-9(11)8-16/h1-8H. The molecule has 0 aliphatic heterocycles. The second kappa shape index (κ2) is 4.69. The highest BCUT2D eigenvalue weighted by atomic mass is 35.5. The van der Waals surface area contributed by atoms with E-state index in [0.29, 0.717) is 15.6 Å². The molecular formula is C13H8Cl2O. The Balaban J connectivity index is 2.62. The van der Waals surface area contributed by atoms with Crippen LogP contribution >= 0.6 is 23.2 Å². The van der Waals surface area contributed by atoms with E-state index in [1.165, 1.54) is 0 Å². The summed E-state index contributed by atoms with van der Waals surface area (Å²) in [5.74, 6) is 0. The Bertz CT molecular complexity index is 535. The average Bonchev–Trinajstić information content (AvgIpc) is 2.29. The normalized spacial score (nSPS) is 10.1. The van der Waals surface area contributed by atoms with Gasteiger partial charge in [0, 0.05) is 21.2 Å². The van der Waals surface area contributed by atoms with E-state index in [2.05, 4.69) is 0 Å². The van der Waals surface area contributed by atoms with Crippen LogP contribution in [0.4, 0.5) is 0 Å². The molecule has 0 saturated heterocycles. The van der Waals surface area contributed by atoms with Gasteiger partial charge in [-0.25, -0.2) is 0 Å². The van der Waals surface area contributed by atoms with Crippen LogP contribution in [0, 0.1) is 0 Å². The van der Waals surface area contributed by atoms with Crippen LogP contribution in [0.25, 0.3) is 11.1 Å². The molecule has 80 valence electrons. The molecular weight excluding hydrogens is 243 g/mol. The Labute approximate surface area is 104 Å². The second-order valence-corrected chi connectivity index (χ2v) is 4.17. The van der Waals surface area contributed by atoms with Crippen molar-refractivity contribution >= 4 is 29.5 Å². The maximum atomic E-state index is 10.9. The van der Waals surface area contributed by atoms with Crippen molar-refractivity contribution in [2.45, 2.75) is 0 Å². The molecule has 0 unspecified atom stereocenters. The molecule has 0 atom stereocenters. The van der Waals surface area contributed by atoms with E-state index in [-0.39, 0.29) is 0 Å². The Kier molecular flexibility index (Phi) is 3.28. The number of carbonyl (C=O) groups excluding carboxylic acids is 1. The van der Waals surface area contributed by atoms with Gasteiger partial charge in [-0.15, -0.1) is 0 Å². The van der Waals surface area contributed by atoms with E-state index >= 15 is 0 Å². The monoisotopic (exact) mass is 250 g/mol. The molecule has 0 amide bonds. The molecule has 0 heterocycles. The molecule has 0 aliphatic carbocycles. The SMILES string of the molecule is O=Cc1ccccc1-c1ccc(Cl)cc1Cl. The Morgan fingerprint density at radius 2 is 1.69 bits per heavy atom. The molecule has 0 N–H and O–H groups in total. The molecule has 0 bridgehead atoms. The second-order valence-electron chi connectivity index (χ2n) is 3.33. The van der Waals surface area contributed by atoms with E-state index in [0.717, 1.165) is 17.4 Å². The van der Waals surface area contributed by atoms with Gasteiger partial charge in [-0.1, -0.05) is 53.5 Å². The summed E-state index contributed by atoms with van der Waals surface area (Å²) < 4.78 is 0. The summed E-state index contributed by atoms with van der Waals surface area (Å²) in [5, 5.41) is 1.12. The number of carbonyl (C=O) groups is 1. The van der Waals surface area contributed by atoms with Gasteiger partial charge in [-0.3, -0.25) is 4.79 Å². The molecule has 0 aromatic heterocycles. The predicted molar refractivity (Wildman–Crippen MR) is 67.3 cm³/mol. The number of hydrogen-bond acceptors (Lipinski definition) is 1. The smallest absolute Gasteiger partial charge is 0.150 e. The van der Waals surface area contributed by atoms with Crippen LogP contribution in [-0.2, 0) is 0 Å². The summed E-state index contributed by atoms with van der Waals surface area (Å²) in [5.41, 5.74) is 2.25. The highest BCUT2D eigenvalue weighted by molar-refractivity contribution is 6.36. The number of halogens is 2. The van der Waals surface area contributed by atoms with Gasteiger partial charge in [-0.05, 0) is 17.7 Å². The van der Waals surface area contributed by atoms with Crippen LogP contribution in [0.3, 0.4) is 0 Å². The molecule has 2 rings (SSSR count). The third-order valence-corrected chi connectivity index (χ3v) is 2.86. The van der Waals surface area contributed by atoms with E-state index < -0.39 is 0 Å². The van der Waals surface area contributed by atoms with Gasteiger partial charge in [0.1, 0.15) is 0 Å². The van der Waals surface area contributed by atoms with E-state index in [9.17, 15) is 4.79 Å². The molecule has 3 heteroatoms. The topological polar surface area (TPSA) is 17.1 Å². The molecule has 0 fully saturated rings. The maximum absolute atomic E-state index is 10.9. The lowest BCUT2D eigenvalue weighted by atomic mass is 10.0. The summed E-state index contributed by atoms with van der Waals surface area (Å²) in [7, 11) is 0. The lowest BCUT2D eigenvalue weighted by Crippen LogP contribution is -1.87. The minimum Gasteiger partial charge on any atom is -0.298 e. The summed E-state index contributed by atoms with van der Waals surface area (Å²) in [6.45, 7) is 0. The predicted octanol–water partition coefficient (Wildman–Crippen LogP) is 4.47. The first-order valence-electron chi connectivity index (χ1n) is 4.72. The number of rotatable bonds is 2. The number of aldehydes is 1. The quantitative estimate of drug-likeness (QED) is 0.719. The van der Waals surface area contributed by atoms with Gasteiger partial charge < -0.3 is 0 Å². The fourth-order valence-corrected chi connectivity index (χ4v) is 2.06. The lowest BCUT2D eigenvalue weighted by Gasteiger charge is -2.07. The molecule has 0 aliphatic rings. The fourth-order valence-electron chi connectivity index (χ4n) is 1.55. The van der Waals surface area contributed by atoms with Gasteiger partial charge in [0.25, 0.3) is 0 Å². The number of hydrogen-bond donors (Lipinski definition) is 0. The summed E-state index contributed by atoms with van der Waals surface area (Å²) >= 11 is 11.9. The van der Waals surface area contributed by atoms with Crippen molar-refractivity contribution in [2.24, 2.45) is 0 Å². The summed E-state index contributed by atoms with van der Waals surface area (Å²) in [6, 6.07) is 12.5. The van der Waals surface area contributed by atoms with Gasteiger partial charge in [-0.2, -0.15) is 0 Å². The van der Waals surface area contributed by atoms with Crippen LogP contribution in [0.5, 0.6) is 0 Å². The van der Waals surface area contributed by atoms with E-state index in [1.54, 1.807) is 18.2 Å². The van der Waals surface area contributed by atoms with Crippen LogP contribution < -0.4 is 0 Å². The van der Waals surface area contributed by atoms with Crippen molar-refractivity contribution < 1.29 is 4.79 Å². The Morgan fingerprint density at radius 3 is 2.38 bits per heavy atom. The van der Waals surface area contributed by atoms with Gasteiger partial charge in [0.15, 0.2) is 6.29 Å². The third kappa shape index (κ3) is 2.11. The Hall–Kier alpha value is -1.31.